The second kappa shape index (κ2) is 6.06. The fourth-order valence-corrected chi connectivity index (χ4v) is 2.74. The summed E-state index contributed by atoms with van der Waals surface area (Å²) in [6.45, 7) is 0. The van der Waals surface area contributed by atoms with Gasteiger partial charge in [-0.1, -0.05) is 23.7 Å². The number of aromatic nitrogens is 2. The third-order valence-electron chi connectivity index (χ3n) is 2.43. The molecule has 0 aliphatic carbocycles. The highest BCUT2D eigenvalue weighted by Gasteiger charge is 2.14. The van der Waals surface area contributed by atoms with Crippen molar-refractivity contribution in [1.29, 1.82) is 0 Å². The van der Waals surface area contributed by atoms with Gasteiger partial charge in [-0.3, -0.25) is 4.72 Å². The van der Waals surface area contributed by atoms with Crippen LogP contribution in [-0.2, 0) is 15.8 Å². The van der Waals surface area contributed by atoms with Crippen LogP contribution in [0.15, 0.2) is 36.5 Å². The summed E-state index contributed by atoms with van der Waals surface area (Å²) in [4.78, 5) is 18.2. The fourth-order valence-electron chi connectivity index (χ4n) is 1.52. The molecule has 2 N–H and O–H groups in total. The van der Waals surface area contributed by atoms with Crippen LogP contribution in [0.5, 0.6) is 0 Å². The molecule has 21 heavy (non-hydrogen) atoms. The van der Waals surface area contributed by atoms with Crippen molar-refractivity contribution < 1.29 is 18.3 Å². The summed E-state index contributed by atoms with van der Waals surface area (Å²) in [5.74, 6) is -1.53. The van der Waals surface area contributed by atoms with Crippen molar-refractivity contribution in [2.45, 2.75) is 5.75 Å². The second-order valence-electron chi connectivity index (χ2n) is 4.07. The van der Waals surface area contributed by atoms with E-state index in [1.165, 1.54) is 36.5 Å². The van der Waals surface area contributed by atoms with Crippen molar-refractivity contribution >= 4 is 33.5 Å². The molecule has 0 saturated carbocycles. The lowest BCUT2D eigenvalue weighted by Gasteiger charge is -2.06. The predicted molar refractivity (Wildman–Crippen MR) is 76.7 cm³/mol. The molecule has 0 bridgehead atoms. The highest BCUT2D eigenvalue weighted by atomic mass is 35.5. The zero-order valence-electron chi connectivity index (χ0n) is 10.5. The number of aromatic carboxylic acids is 1. The van der Waals surface area contributed by atoms with Crippen molar-refractivity contribution in [2.75, 3.05) is 4.72 Å². The molecule has 7 nitrogen and oxygen atoms in total. The number of hydrogen-bond donors (Lipinski definition) is 2. The minimum Gasteiger partial charge on any atom is -0.478 e. The van der Waals surface area contributed by atoms with E-state index < -0.39 is 16.0 Å². The Balaban J connectivity index is 2.12. The van der Waals surface area contributed by atoms with Gasteiger partial charge in [0.05, 0.1) is 11.3 Å². The number of benzene rings is 1. The molecule has 1 heterocycles. The largest absolute Gasteiger partial charge is 0.478 e. The van der Waals surface area contributed by atoms with Gasteiger partial charge in [-0.25, -0.2) is 23.2 Å². The molecule has 9 heteroatoms. The summed E-state index contributed by atoms with van der Waals surface area (Å²) in [6, 6.07) is 6.96. The van der Waals surface area contributed by atoms with E-state index >= 15 is 0 Å². The van der Waals surface area contributed by atoms with Crippen LogP contribution in [0.25, 0.3) is 0 Å². The molecule has 0 fully saturated rings. The van der Waals surface area contributed by atoms with Gasteiger partial charge in [0.15, 0.2) is 0 Å². The van der Waals surface area contributed by atoms with Gasteiger partial charge in [0.25, 0.3) is 0 Å². The Labute approximate surface area is 125 Å². The van der Waals surface area contributed by atoms with Gasteiger partial charge < -0.3 is 5.11 Å². The van der Waals surface area contributed by atoms with Crippen molar-refractivity contribution in [3.05, 3.63) is 52.8 Å². The molecule has 0 aliphatic rings. The molecule has 1 aromatic carbocycles. The first kappa shape index (κ1) is 15.2. The van der Waals surface area contributed by atoms with Crippen molar-refractivity contribution in [2.24, 2.45) is 0 Å². The van der Waals surface area contributed by atoms with Gasteiger partial charge in [-0.15, -0.1) is 0 Å². The van der Waals surface area contributed by atoms with Crippen LogP contribution >= 0.6 is 11.6 Å². The van der Waals surface area contributed by atoms with E-state index in [1.54, 1.807) is 0 Å². The molecule has 110 valence electrons. The number of hydrogen-bond acceptors (Lipinski definition) is 5. The molecule has 0 radical (unpaired) electrons. The number of halogens is 1. The minimum absolute atomic E-state index is 0.0854. The van der Waals surface area contributed by atoms with Crippen LogP contribution in [0, 0.1) is 0 Å². The van der Waals surface area contributed by atoms with Gasteiger partial charge in [0, 0.05) is 6.20 Å². The van der Waals surface area contributed by atoms with E-state index in [2.05, 4.69) is 14.7 Å². The third-order valence-corrected chi connectivity index (χ3v) is 3.84. The number of nitrogens with one attached hydrogen (secondary N) is 1. The number of rotatable bonds is 5. The normalized spacial score (nSPS) is 11.1. The van der Waals surface area contributed by atoms with Gasteiger partial charge in [0.2, 0.25) is 16.0 Å². The van der Waals surface area contributed by atoms with Gasteiger partial charge >= 0.3 is 5.97 Å². The van der Waals surface area contributed by atoms with Crippen LogP contribution in [0.1, 0.15) is 15.9 Å². The molecule has 2 aromatic rings. The molecule has 0 unspecified atom stereocenters. The Morgan fingerprint density at radius 3 is 2.48 bits per heavy atom. The summed E-state index contributed by atoms with van der Waals surface area (Å²) in [7, 11) is -3.72. The monoisotopic (exact) mass is 327 g/mol. The van der Waals surface area contributed by atoms with Crippen LogP contribution in [0.3, 0.4) is 0 Å². The van der Waals surface area contributed by atoms with Crippen LogP contribution in [0.2, 0.25) is 5.15 Å². The first-order chi connectivity index (χ1) is 9.85. The Morgan fingerprint density at radius 2 is 1.90 bits per heavy atom. The van der Waals surface area contributed by atoms with Crippen LogP contribution in [0.4, 0.5) is 5.95 Å². The number of carboxylic acids is 1. The molecule has 1 aromatic heterocycles. The third kappa shape index (κ3) is 4.40. The number of carbonyl (C=O) groups is 1. The molecule has 0 spiro atoms. The summed E-state index contributed by atoms with van der Waals surface area (Å²) >= 11 is 5.64. The molecule has 0 saturated heterocycles. The predicted octanol–water partition coefficient (Wildman–Crippen LogP) is 1.77. The van der Waals surface area contributed by atoms with Gasteiger partial charge in [-0.05, 0) is 23.8 Å². The maximum absolute atomic E-state index is 11.9. The van der Waals surface area contributed by atoms with E-state index in [0.29, 0.717) is 5.56 Å². The smallest absolute Gasteiger partial charge is 0.335 e. The topological polar surface area (TPSA) is 109 Å². The van der Waals surface area contributed by atoms with E-state index in [1.807, 2.05) is 0 Å². The zero-order chi connectivity index (χ0) is 15.5. The zero-order valence-corrected chi connectivity index (χ0v) is 12.1. The first-order valence-corrected chi connectivity index (χ1v) is 7.70. The molecule has 0 aliphatic heterocycles. The lowest BCUT2D eigenvalue weighted by Crippen LogP contribution is -2.17. The summed E-state index contributed by atoms with van der Waals surface area (Å²) < 4.78 is 26.1. The number of anilines is 1. The van der Waals surface area contributed by atoms with E-state index in [9.17, 15) is 13.2 Å². The molecule has 0 amide bonds. The number of carboxylic acid groups (broad SMARTS) is 1. The van der Waals surface area contributed by atoms with Gasteiger partial charge in [-0.2, -0.15) is 0 Å². The molecular formula is C12H10ClN3O4S. The van der Waals surface area contributed by atoms with Crippen molar-refractivity contribution in [1.82, 2.24) is 9.97 Å². The summed E-state index contributed by atoms with van der Waals surface area (Å²) in [5.41, 5.74) is 0.525. The van der Waals surface area contributed by atoms with Crippen LogP contribution < -0.4 is 4.72 Å². The first-order valence-electron chi connectivity index (χ1n) is 5.67. The van der Waals surface area contributed by atoms with Crippen molar-refractivity contribution in [3.8, 4) is 0 Å². The Bertz CT molecular complexity index is 762. The van der Waals surface area contributed by atoms with Crippen LogP contribution in [-0.4, -0.2) is 29.5 Å². The average Bonchev–Trinajstić information content (AvgIpc) is 2.38. The number of sulfonamides is 1. The Morgan fingerprint density at radius 1 is 1.24 bits per heavy atom. The lowest BCUT2D eigenvalue weighted by atomic mass is 10.1. The second-order valence-corrected chi connectivity index (χ2v) is 6.18. The maximum atomic E-state index is 11.9. The Kier molecular flexibility index (Phi) is 4.39. The summed E-state index contributed by atoms with van der Waals surface area (Å²) in [5, 5.41) is 8.89. The SMILES string of the molecule is O=C(O)c1ccc(CS(=O)(=O)Nc2nccc(Cl)n2)cc1. The highest BCUT2D eigenvalue weighted by molar-refractivity contribution is 7.91. The van der Waals surface area contributed by atoms with E-state index in [4.69, 9.17) is 16.7 Å². The van der Waals surface area contributed by atoms with E-state index in [0.717, 1.165) is 0 Å². The van der Waals surface area contributed by atoms with Crippen molar-refractivity contribution in [3.63, 3.8) is 0 Å². The lowest BCUT2D eigenvalue weighted by molar-refractivity contribution is 0.0697. The standard InChI is InChI=1S/C12H10ClN3O4S/c13-10-5-6-14-12(15-10)16-21(19,20)7-8-1-3-9(4-2-8)11(17)18/h1-6H,7H2,(H,17,18)(H,14,15,16). The summed E-state index contributed by atoms with van der Waals surface area (Å²) in [6.07, 6.45) is 1.33. The maximum Gasteiger partial charge on any atom is 0.335 e. The number of nitrogens with zero attached hydrogens (tertiary/aromatic N) is 2. The minimum atomic E-state index is -3.72. The van der Waals surface area contributed by atoms with E-state index in [-0.39, 0.29) is 22.4 Å². The van der Waals surface area contributed by atoms with Gasteiger partial charge in [0.1, 0.15) is 5.15 Å². The Hall–Kier alpha value is -2.19. The fraction of sp³-hybridized carbons (Fsp3) is 0.0833. The molecule has 2 rings (SSSR count). The average molecular weight is 328 g/mol. The molecular weight excluding hydrogens is 318 g/mol. The highest BCUT2D eigenvalue weighted by Crippen LogP contribution is 2.12. The quantitative estimate of drug-likeness (QED) is 0.810. The molecule has 0 atom stereocenters.